The highest BCUT2D eigenvalue weighted by Gasteiger charge is 2.55. The molecule has 2 fully saturated rings. The minimum atomic E-state index is -0.622. The molecule has 4 rings (SSSR count). The van der Waals surface area contributed by atoms with E-state index in [1.165, 1.54) is 19.3 Å². The molecule has 1 heterocycles. The van der Waals surface area contributed by atoms with Crippen molar-refractivity contribution in [3.05, 3.63) is 27.7 Å². The van der Waals surface area contributed by atoms with Crippen LogP contribution in [0.15, 0.2) is 12.1 Å². The van der Waals surface area contributed by atoms with Gasteiger partial charge in [-0.1, -0.05) is 23.2 Å². The van der Waals surface area contributed by atoms with E-state index in [9.17, 15) is 4.79 Å². The second-order valence-electron chi connectivity index (χ2n) is 6.65. The van der Waals surface area contributed by atoms with Crippen LogP contribution in [-0.4, -0.2) is 19.0 Å². The van der Waals surface area contributed by atoms with E-state index in [0.717, 1.165) is 11.3 Å². The van der Waals surface area contributed by atoms with Crippen LogP contribution in [0.25, 0.3) is 0 Å². The molecule has 0 spiro atoms. The quantitative estimate of drug-likeness (QED) is 0.754. The minimum absolute atomic E-state index is 0.254. The number of carbonyl (C=O) groups is 1. The lowest BCUT2D eigenvalue weighted by Gasteiger charge is -2.42. The molecule has 5 atom stereocenters. The first kappa shape index (κ1) is 15.4. The van der Waals surface area contributed by atoms with Crippen LogP contribution < -0.4 is 5.32 Å². The first-order valence-electron chi connectivity index (χ1n) is 8.17. The van der Waals surface area contributed by atoms with E-state index in [4.69, 9.17) is 32.7 Å². The van der Waals surface area contributed by atoms with Gasteiger partial charge in [0, 0.05) is 21.7 Å². The number of benzene rings is 1. The molecule has 124 valence electrons. The molecule has 23 heavy (non-hydrogen) atoms. The van der Waals surface area contributed by atoms with E-state index in [1.807, 2.05) is 6.07 Å². The van der Waals surface area contributed by atoms with Gasteiger partial charge in [-0.15, -0.1) is 0 Å². The molecule has 1 aromatic carbocycles. The Morgan fingerprint density at radius 1 is 1.30 bits per heavy atom. The molecule has 0 aromatic heterocycles. The van der Waals surface area contributed by atoms with E-state index in [-0.39, 0.29) is 12.1 Å². The van der Waals surface area contributed by atoms with Crippen LogP contribution in [0.5, 0.6) is 0 Å². The van der Waals surface area contributed by atoms with Crippen LogP contribution in [0.1, 0.15) is 37.7 Å². The Balaban J connectivity index is 1.72. The second kappa shape index (κ2) is 5.75. The van der Waals surface area contributed by atoms with Crippen molar-refractivity contribution in [2.45, 2.75) is 38.3 Å². The minimum Gasteiger partial charge on any atom is -0.435 e. The fourth-order valence-corrected chi connectivity index (χ4v) is 5.48. The SMILES string of the molecule is CCOC(=O)OC1Nc2cc(Cl)cc(Cl)c2C2C3CCC(C3)C12. The van der Waals surface area contributed by atoms with Gasteiger partial charge in [-0.05, 0) is 61.6 Å². The third-order valence-electron chi connectivity index (χ3n) is 5.54. The van der Waals surface area contributed by atoms with Crippen molar-refractivity contribution >= 4 is 35.0 Å². The monoisotopic (exact) mass is 355 g/mol. The highest BCUT2D eigenvalue weighted by molar-refractivity contribution is 6.35. The molecular weight excluding hydrogens is 337 g/mol. The summed E-state index contributed by atoms with van der Waals surface area (Å²) < 4.78 is 10.5. The van der Waals surface area contributed by atoms with Crippen molar-refractivity contribution in [2.24, 2.45) is 17.8 Å². The standard InChI is InChI=1S/C17H19Cl2NO3/c1-2-22-17(21)23-16-14-9-4-3-8(5-9)13(14)15-11(19)6-10(18)7-12(15)20-16/h6-9,13-14,16,20H,2-5H2,1H3. The first-order valence-corrected chi connectivity index (χ1v) is 8.93. The van der Waals surface area contributed by atoms with Crippen molar-refractivity contribution in [1.29, 1.82) is 0 Å². The summed E-state index contributed by atoms with van der Waals surface area (Å²) in [6, 6.07) is 3.67. The number of ether oxygens (including phenoxy) is 2. The van der Waals surface area contributed by atoms with E-state index >= 15 is 0 Å². The summed E-state index contributed by atoms with van der Waals surface area (Å²) in [7, 11) is 0. The third-order valence-corrected chi connectivity index (χ3v) is 6.07. The lowest BCUT2D eigenvalue weighted by Crippen LogP contribution is -2.44. The van der Waals surface area contributed by atoms with Gasteiger partial charge in [0.2, 0.25) is 0 Å². The Hall–Kier alpha value is -1.13. The summed E-state index contributed by atoms with van der Waals surface area (Å²) in [5.74, 6) is 1.76. The lowest BCUT2D eigenvalue weighted by molar-refractivity contribution is -0.00249. The summed E-state index contributed by atoms with van der Waals surface area (Å²) in [6.45, 7) is 2.07. The number of nitrogens with one attached hydrogen (secondary N) is 1. The molecule has 5 unspecified atom stereocenters. The highest BCUT2D eigenvalue weighted by Crippen LogP contribution is 2.62. The van der Waals surface area contributed by atoms with Crippen LogP contribution in [0.4, 0.5) is 10.5 Å². The molecule has 0 saturated heterocycles. The molecule has 4 nitrogen and oxygen atoms in total. The number of carbonyl (C=O) groups excluding carboxylic acids is 1. The van der Waals surface area contributed by atoms with E-state index in [1.54, 1.807) is 13.0 Å². The summed E-state index contributed by atoms with van der Waals surface area (Å²) in [5, 5.41) is 4.62. The van der Waals surface area contributed by atoms with Gasteiger partial charge < -0.3 is 14.8 Å². The molecule has 1 aromatic rings. The predicted octanol–water partition coefficient (Wildman–Crippen LogP) is 5.05. The summed E-state index contributed by atoms with van der Waals surface area (Å²) in [5.41, 5.74) is 2.02. The summed E-state index contributed by atoms with van der Waals surface area (Å²) in [6.07, 6.45) is 2.59. The number of hydrogen-bond donors (Lipinski definition) is 1. The van der Waals surface area contributed by atoms with Crippen molar-refractivity contribution in [3.8, 4) is 0 Å². The van der Waals surface area contributed by atoms with E-state index in [0.29, 0.717) is 34.4 Å². The predicted molar refractivity (Wildman–Crippen MR) is 89.0 cm³/mol. The summed E-state index contributed by atoms with van der Waals surface area (Å²) >= 11 is 12.6. The van der Waals surface area contributed by atoms with Crippen LogP contribution >= 0.6 is 23.2 Å². The maximum atomic E-state index is 11.8. The second-order valence-corrected chi connectivity index (χ2v) is 7.49. The van der Waals surface area contributed by atoms with Gasteiger partial charge in [-0.25, -0.2) is 4.79 Å². The molecular formula is C17H19Cl2NO3. The largest absolute Gasteiger partial charge is 0.510 e. The molecule has 2 aliphatic carbocycles. The Labute approximate surface area is 145 Å². The number of rotatable bonds is 2. The number of anilines is 1. The van der Waals surface area contributed by atoms with Crippen LogP contribution in [0.3, 0.4) is 0 Å². The summed E-state index contributed by atoms with van der Waals surface area (Å²) in [4.78, 5) is 11.8. The Kier molecular flexibility index (Phi) is 3.85. The fourth-order valence-electron chi connectivity index (χ4n) is 4.86. The van der Waals surface area contributed by atoms with Crippen molar-refractivity contribution in [3.63, 3.8) is 0 Å². The highest BCUT2D eigenvalue weighted by atomic mass is 35.5. The maximum absolute atomic E-state index is 11.8. The molecule has 0 radical (unpaired) electrons. The van der Waals surface area contributed by atoms with Gasteiger partial charge in [0.25, 0.3) is 0 Å². The van der Waals surface area contributed by atoms with Crippen molar-refractivity contribution < 1.29 is 14.3 Å². The molecule has 3 aliphatic rings. The van der Waals surface area contributed by atoms with Gasteiger partial charge >= 0.3 is 6.16 Å². The smallest absolute Gasteiger partial charge is 0.435 e. The Morgan fingerprint density at radius 2 is 2.09 bits per heavy atom. The average Bonchev–Trinajstić information content (AvgIpc) is 3.08. The van der Waals surface area contributed by atoms with Gasteiger partial charge in [-0.3, -0.25) is 0 Å². The number of fused-ring (bicyclic) bond motifs is 7. The maximum Gasteiger partial charge on any atom is 0.510 e. The van der Waals surface area contributed by atoms with Gasteiger partial charge in [0.1, 0.15) is 0 Å². The van der Waals surface area contributed by atoms with E-state index in [2.05, 4.69) is 5.32 Å². The van der Waals surface area contributed by atoms with Gasteiger partial charge in [0.05, 0.1) is 6.61 Å². The topological polar surface area (TPSA) is 47.6 Å². The third kappa shape index (κ3) is 2.47. The Bertz CT molecular complexity index is 651. The van der Waals surface area contributed by atoms with Crippen molar-refractivity contribution in [1.82, 2.24) is 0 Å². The van der Waals surface area contributed by atoms with Crippen molar-refractivity contribution in [2.75, 3.05) is 11.9 Å². The van der Waals surface area contributed by atoms with Crippen LogP contribution in [-0.2, 0) is 9.47 Å². The number of hydrogen-bond acceptors (Lipinski definition) is 4. The molecule has 1 N–H and O–H groups in total. The van der Waals surface area contributed by atoms with E-state index < -0.39 is 6.16 Å². The average molecular weight is 356 g/mol. The molecule has 1 aliphatic heterocycles. The normalized spacial score (nSPS) is 33.6. The van der Waals surface area contributed by atoms with Crippen LogP contribution in [0.2, 0.25) is 10.0 Å². The zero-order chi connectivity index (χ0) is 16.1. The molecule has 0 amide bonds. The number of halogens is 2. The first-order chi connectivity index (χ1) is 11.1. The Morgan fingerprint density at radius 3 is 2.87 bits per heavy atom. The molecule has 6 heteroatoms. The fraction of sp³-hybridized carbons (Fsp3) is 0.588. The van der Waals surface area contributed by atoms with Crippen LogP contribution in [0, 0.1) is 17.8 Å². The molecule has 2 bridgehead atoms. The van der Waals surface area contributed by atoms with Gasteiger partial charge in [0.15, 0.2) is 6.23 Å². The lowest BCUT2D eigenvalue weighted by atomic mass is 9.72. The zero-order valence-corrected chi connectivity index (χ0v) is 14.4. The zero-order valence-electron chi connectivity index (χ0n) is 12.9. The molecule has 2 saturated carbocycles. The van der Waals surface area contributed by atoms with Gasteiger partial charge in [-0.2, -0.15) is 0 Å².